The molecular formula is C40H50N4O4S. The Hall–Kier alpha value is -4.21. The van der Waals surface area contributed by atoms with E-state index in [9.17, 15) is 9.00 Å². The number of carbonyl (C=O) groups is 1. The number of ether oxygens (including phenoxy) is 2. The quantitative estimate of drug-likeness (QED) is 0.0888. The number of anilines is 2. The van der Waals surface area contributed by atoms with E-state index >= 15 is 0 Å². The van der Waals surface area contributed by atoms with Gasteiger partial charge in [0.15, 0.2) is 0 Å². The van der Waals surface area contributed by atoms with Crippen LogP contribution in [0.5, 0.6) is 5.75 Å². The minimum absolute atomic E-state index is 0.174. The van der Waals surface area contributed by atoms with Crippen molar-refractivity contribution in [2.24, 2.45) is 0 Å². The Kier molecular flexibility index (Phi) is 13.6. The summed E-state index contributed by atoms with van der Waals surface area (Å²) in [5.41, 5.74) is 6.55. The van der Waals surface area contributed by atoms with E-state index < -0.39 is 10.8 Å². The third kappa shape index (κ3) is 10.4. The number of hydrogen-bond acceptors (Lipinski definition) is 6. The number of hydrogen-bond donors (Lipinski definition) is 1. The molecule has 3 aromatic carbocycles. The van der Waals surface area contributed by atoms with Crippen LogP contribution in [0.1, 0.15) is 70.6 Å². The summed E-state index contributed by atoms with van der Waals surface area (Å²) in [7, 11) is -1.21. The summed E-state index contributed by atoms with van der Waals surface area (Å²) in [4.78, 5) is 20.8. The van der Waals surface area contributed by atoms with Gasteiger partial charge in [-0.1, -0.05) is 38.5 Å². The third-order valence-electron chi connectivity index (χ3n) is 8.70. The first-order chi connectivity index (χ1) is 23.9. The highest BCUT2D eigenvalue weighted by Gasteiger charge is 2.16. The Bertz CT molecular complexity index is 1690. The van der Waals surface area contributed by atoms with Gasteiger partial charge in [-0.3, -0.25) is 9.00 Å². The van der Waals surface area contributed by atoms with Gasteiger partial charge in [-0.2, -0.15) is 0 Å². The standard InChI is InChI=1S/C40H50N4O4S/c1-4-6-23-47-24-25-48-37-15-10-32(11-16-37)33-12-19-39(43-21-8-7-9-22-43)34(27-33)26-31(3)40(45)42-35-13-17-38(18-14-35)49(46)29-36-28-41-30-44(36)20-5-2/h10-19,26-28,30H,4-9,20-25,29H2,1-3H3,(H,42,45)/b31-26+. The Morgan fingerprint density at radius 1 is 0.918 bits per heavy atom. The summed E-state index contributed by atoms with van der Waals surface area (Å²) in [5, 5.41) is 3.03. The van der Waals surface area contributed by atoms with Gasteiger partial charge in [0.05, 0.1) is 35.2 Å². The molecule has 8 nitrogen and oxygen atoms in total. The fourth-order valence-corrected chi connectivity index (χ4v) is 7.05. The van der Waals surface area contributed by atoms with Crippen molar-refractivity contribution in [1.29, 1.82) is 0 Å². The number of rotatable bonds is 17. The predicted molar refractivity (Wildman–Crippen MR) is 201 cm³/mol. The second-order valence-electron chi connectivity index (χ2n) is 12.5. The van der Waals surface area contributed by atoms with Crippen LogP contribution in [0, 0.1) is 0 Å². The van der Waals surface area contributed by atoms with Crippen molar-refractivity contribution in [3.05, 3.63) is 96.1 Å². The van der Waals surface area contributed by atoms with E-state index in [0.717, 1.165) is 79.3 Å². The summed E-state index contributed by atoms with van der Waals surface area (Å²) in [6, 6.07) is 21.9. The van der Waals surface area contributed by atoms with Gasteiger partial charge < -0.3 is 24.3 Å². The molecular weight excluding hydrogens is 633 g/mol. The van der Waals surface area contributed by atoms with E-state index in [4.69, 9.17) is 9.47 Å². The lowest BCUT2D eigenvalue weighted by Crippen LogP contribution is -2.30. The molecule has 1 aliphatic heterocycles. The van der Waals surface area contributed by atoms with Gasteiger partial charge in [-0.05, 0) is 110 Å². The van der Waals surface area contributed by atoms with E-state index in [1.165, 1.54) is 19.3 Å². The number of carbonyl (C=O) groups excluding carboxylic acids is 1. The summed E-state index contributed by atoms with van der Waals surface area (Å²) >= 11 is 0. The molecule has 0 aliphatic carbocycles. The van der Waals surface area contributed by atoms with Crippen molar-refractivity contribution in [2.75, 3.05) is 43.1 Å². The molecule has 1 unspecified atom stereocenters. The zero-order valence-electron chi connectivity index (χ0n) is 29.2. The Morgan fingerprint density at radius 3 is 2.41 bits per heavy atom. The molecule has 1 aromatic heterocycles. The van der Waals surface area contributed by atoms with E-state index in [2.05, 4.69) is 59.4 Å². The molecule has 4 aromatic rings. The summed E-state index contributed by atoms with van der Waals surface area (Å²) in [5.74, 6) is 1.05. The highest BCUT2D eigenvalue weighted by atomic mass is 32.2. The number of imidazole rings is 1. The van der Waals surface area contributed by atoms with E-state index in [0.29, 0.717) is 35.1 Å². The van der Waals surface area contributed by atoms with Gasteiger partial charge in [0.1, 0.15) is 12.4 Å². The molecule has 0 spiro atoms. The van der Waals surface area contributed by atoms with Gasteiger partial charge in [-0.25, -0.2) is 4.98 Å². The number of piperidine rings is 1. The normalized spacial score (nSPS) is 14.1. The first-order valence-electron chi connectivity index (χ1n) is 17.6. The van der Waals surface area contributed by atoms with Crippen molar-refractivity contribution < 1.29 is 18.5 Å². The minimum atomic E-state index is -1.21. The second kappa shape index (κ2) is 18.5. The molecule has 9 heteroatoms. The molecule has 1 saturated heterocycles. The number of aryl methyl sites for hydroxylation is 1. The fraction of sp³-hybridized carbons (Fsp3) is 0.400. The molecule has 1 aliphatic rings. The molecule has 0 bridgehead atoms. The second-order valence-corrected chi connectivity index (χ2v) is 14.0. The zero-order chi connectivity index (χ0) is 34.4. The van der Waals surface area contributed by atoms with Gasteiger partial charge in [0, 0.05) is 54.3 Å². The number of benzene rings is 3. The van der Waals surface area contributed by atoms with Crippen molar-refractivity contribution in [2.45, 2.75) is 76.5 Å². The van der Waals surface area contributed by atoms with Crippen molar-refractivity contribution >= 4 is 34.2 Å². The van der Waals surface area contributed by atoms with Crippen LogP contribution in [-0.4, -0.2) is 52.6 Å². The third-order valence-corrected chi connectivity index (χ3v) is 10.1. The van der Waals surface area contributed by atoms with Gasteiger partial charge >= 0.3 is 0 Å². The van der Waals surface area contributed by atoms with Crippen LogP contribution in [0.25, 0.3) is 17.2 Å². The first kappa shape index (κ1) is 36.1. The number of aromatic nitrogens is 2. The van der Waals surface area contributed by atoms with Gasteiger partial charge in [0.2, 0.25) is 0 Å². The highest BCUT2D eigenvalue weighted by molar-refractivity contribution is 7.84. The molecule has 5 rings (SSSR count). The largest absolute Gasteiger partial charge is 0.491 e. The van der Waals surface area contributed by atoms with Gasteiger partial charge in [-0.15, -0.1) is 0 Å². The number of nitrogens with one attached hydrogen (secondary N) is 1. The molecule has 49 heavy (non-hydrogen) atoms. The molecule has 1 N–H and O–H groups in total. The molecule has 1 atom stereocenters. The first-order valence-corrected chi connectivity index (χ1v) is 18.9. The van der Waals surface area contributed by atoms with E-state index in [1.54, 1.807) is 12.5 Å². The predicted octanol–water partition coefficient (Wildman–Crippen LogP) is 8.50. The van der Waals surface area contributed by atoms with Gasteiger partial charge in [0.25, 0.3) is 5.91 Å². The smallest absolute Gasteiger partial charge is 0.251 e. The van der Waals surface area contributed by atoms with Crippen LogP contribution in [0.3, 0.4) is 0 Å². The summed E-state index contributed by atoms with van der Waals surface area (Å²) in [6.07, 6.45) is 12.3. The maximum absolute atomic E-state index is 13.4. The minimum Gasteiger partial charge on any atom is -0.491 e. The molecule has 0 saturated carbocycles. The highest BCUT2D eigenvalue weighted by Crippen LogP contribution is 2.32. The zero-order valence-corrected chi connectivity index (χ0v) is 30.0. The molecule has 1 amide bonds. The Balaban J connectivity index is 1.27. The lowest BCUT2D eigenvalue weighted by Gasteiger charge is -2.30. The van der Waals surface area contributed by atoms with Crippen LogP contribution >= 0.6 is 0 Å². The number of unbranched alkanes of at least 4 members (excludes halogenated alkanes) is 1. The van der Waals surface area contributed by atoms with E-state index in [1.807, 2.05) is 54.0 Å². The number of amides is 1. The monoisotopic (exact) mass is 682 g/mol. The van der Waals surface area contributed by atoms with E-state index in [-0.39, 0.29) is 5.91 Å². The average molecular weight is 683 g/mol. The van der Waals surface area contributed by atoms with Crippen molar-refractivity contribution in [3.63, 3.8) is 0 Å². The summed E-state index contributed by atoms with van der Waals surface area (Å²) in [6.45, 7) is 10.9. The fourth-order valence-electron chi connectivity index (χ4n) is 5.93. The van der Waals surface area contributed by atoms with Crippen LogP contribution in [0.4, 0.5) is 11.4 Å². The Morgan fingerprint density at radius 2 is 1.67 bits per heavy atom. The van der Waals surface area contributed by atoms with Crippen molar-refractivity contribution in [3.8, 4) is 16.9 Å². The topological polar surface area (TPSA) is 85.7 Å². The molecule has 1 fully saturated rings. The molecule has 2 heterocycles. The van der Waals surface area contributed by atoms with Crippen LogP contribution < -0.4 is 15.0 Å². The average Bonchev–Trinajstić information content (AvgIpc) is 3.57. The van der Waals surface area contributed by atoms with Crippen LogP contribution in [0.2, 0.25) is 0 Å². The summed E-state index contributed by atoms with van der Waals surface area (Å²) < 4.78 is 26.6. The SMILES string of the molecule is CCCCOCCOc1ccc(-c2ccc(N3CCCCC3)c(/C=C(\C)C(=O)Nc3ccc(S(=O)Cc4cncn4CCC)cc3)c2)cc1. The maximum Gasteiger partial charge on any atom is 0.251 e. The van der Waals surface area contributed by atoms with Crippen molar-refractivity contribution in [1.82, 2.24) is 9.55 Å². The Labute approximate surface area is 294 Å². The maximum atomic E-state index is 13.4. The molecule has 0 radical (unpaired) electrons. The lowest BCUT2D eigenvalue weighted by molar-refractivity contribution is -0.112. The van der Waals surface area contributed by atoms with Crippen LogP contribution in [0.15, 0.2) is 89.7 Å². The lowest BCUT2D eigenvalue weighted by atomic mass is 9.98. The molecule has 260 valence electrons. The van der Waals surface area contributed by atoms with Crippen LogP contribution in [-0.2, 0) is 32.6 Å². The number of nitrogens with zero attached hydrogens (tertiary/aromatic N) is 3.